The highest BCUT2D eigenvalue weighted by Crippen LogP contribution is 2.25. The van der Waals surface area contributed by atoms with E-state index in [0.29, 0.717) is 0 Å². The minimum absolute atomic E-state index is 0.0505. The number of benzene rings is 1. The quantitative estimate of drug-likeness (QED) is 0.771. The predicted octanol–water partition coefficient (Wildman–Crippen LogP) is 2.88. The van der Waals surface area contributed by atoms with Crippen molar-refractivity contribution in [1.29, 1.82) is 0 Å². The fourth-order valence-electron chi connectivity index (χ4n) is 1.71. The molecule has 0 amide bonds. The number of nitrogens with two attached hydrogens (primary N) is 1. The van der Waals surface area contributed by atoms with Gasteiger partial charge in [-0.3, -0.25) is 0 Å². The Hall–Kier alpha value is -1.35. The molecule has 86 valence electrons. The van der Waals surface area contributed by atoms with Crippen molar-refractivity contribution in [2.75, 3.05) is 0 Å². The molecule has 0 aliphatic rings. The normalized spacial score (nSPS) is 14.3. The van der Waals surface area contributed by atoms with Crippen LogP contribution in [0.15, 0.2) is 18.2 Å². The van der Waals surface area contributed by atoms with Crippen LogP contribution in [0.2, 0.25) is 0 Å². The topological polar surface area (TPSA) is 54.7 Å². The van der Waals surface area contributed by atoms with E-state index in [9.17, 15) is 0 Å². The fourth-order valence-corrected chi connectivity index (χ4v) is 1.71. The molecule has 1 heterocycles. The second-order valence-electron chi connectivity index (χ2n) is 5.39. The number of H-pyrrole nitrogens is 1. The second-order valence-corrected chi connectivity index (χ2v) is 5.39. The van der Waals surface area contributed by atoms with Crippen LogP contribution in [0.4, 0.5) is 0 Å². The third kappa shape index (κ3) is 1.95. The number of rotatable bonds is 1. The van der Waals surface area contributed by atoms with Gasteiger partial charge in [0.15, 0.2) is 0 Å². The monoisotopic (exact) mass is 217 g/mol. The highest BCUT2D eigenvalue weighted by Gasteiger charge is 2.15. The molecule has 1 atom stereocenters. The SMILES string of the molecule is CC(N)c1nc2ccc(C(C)(C)C)cc2[nH]1. The summed E-state index contributed by atoms with van der Waals surface area (Å²) in [5, 5.41) is 0. The summed E-state index contributed by atoms with van der Waals surface area (Å²) in [6.45, 7) is 8.55. The molecule has 2 rings (SSSR count). The van der Waals surface area contributed by atoms with E-state index in [2.05, 4.69) is 48.9 Å². The first-order valence-electron chi connectivity index (χ1n) is 5.63. The summed E-state index contributed by atoms with van der Waals surface area (Å²) in [7, 11) is 0. The molecule has 0 fully saturated rings. The summed E-state index contributed by atoms with van der Waals surface area (Å²) in [5.74, 6) is 0.848. The van der Waals surface area contributed by atoms with Gasteiger partial charge < -0.3 is 10.7 Å². The average molecular weight is 217 g/mol. The van der Waals surface area contributed by atoms with E-state index in [1.807, 2.05) is 6.92 Å². The van der Waals surface area contributed by atoms with Crippen molar-refractivity contribution in [3.05, 3.63) is 29.6 Å². The van der Waals surface area contributed by atoms with E-state index in [1.165, 1.54) is 5.56 Å². The standard InChI is InChI=1S/C13H19N3/c1-8(14)12-15-10-6-5-9(13(2,3)4)7-11(10)16-12/h5-8H,14H2,1-4H3,(H,15,16). The van der Waals surface area contributed by atoms with Gasteiger partial charge in [0.25, 0.3) is 0 Å². The summed E-state index contributed by atoms with van der Waals surface area (Å²) in [5.41, 5.74) is 9.33. The molecular formula is C13H19N3. The number of hydrogen-bond acceptors (Lipinski definition) is 2. The van der Waals surface area contributed by atoms with Crippen LogP contribution in [-0.2, 0) is 5.41 Å². The largest absolute Gasteiger partial charge is 0.341 e. The zero-order valence-electron chi connectivity index (χ0n) is 10.3. The Morgan fingerprint density at radius 3 is 2.56 bits per heavy atom. The molecule has 16 heavy (non-hydrogen) atoms. The molecule has 0 spiro atoms. The molecule has 3 N–H and O–H groups in total. The highest BCUT2D eigenvalue weighted by atomic mass is 15.0. The molecule has 0 bridgehead atoms. The van der Waals surface area contributed by atoms with E-state index < -0.39 is 0 Å². The van der Waals surface area contributed by atoms with Crippen LogP contribution in [-0.4, -0.2) is 9.97 Å². The molecule has 3 heteroatoms. The molecule has 0 saturated heterocycles. The summed E-state index contributed by atoms with van der Waals surface area (Å²) in [4.78, 5) is 7.73. The number of hydrogen-bond donors (Lipinski definition) is 2. The maximum atomic E-state index is 5.81. The summed E-state index contributed by atoms with van der Waals surface area (Å²) in [6, 6.07) is 6.30. The van der Waals surface area contributed by atoms with Crippen LogP contribution in [0, 0.1) is 0 Å². The predicted molar refractivity (Wildman–Crippen MR) is 67.4 cm³/mol. The molecule has 0 radical (unpaired) electrons. The zero-order chi connectivity index (χ0) is 11.9. The molecule has 1 aromatic carbocycles. The Morgan fingerprint density at radius 1 is 1.31 bits per heavy atom. The number of aromatic nitrogens is 2. The Labute approximate surface area is 96.1 Å². The van der Waals surface area contributed by atoms with Crippen molar-refractivity contribution in [3.63, 3.8) is 0 Å². The minimum Gasteiger partial charge on any atom is -0.341 e. The Morgan fingerprint density at radius 2 is 2.00 bits per heavy atom. The Balaban J connectivity index is 2.54. The van der Waals surface area contributed by atoms with Crippen molar-refractivity contribution < 1.29 is 0 Å². The van der Waals surface area contributed by atoms with Crippen LogP contribution >= 0.6 is 0 Å². The lowest BCUT2D eigenvalue weighted by molar-refractivity contribution is 0.591. The highest BCUT2D eigenvalue weighted by molar-refractivity contribution is 5.76. The smallest absolute Gasteiger partial charge is 0.123 e. The molecule has 1 aromatic heterocycles. The van der Waals surface area contributed by atoms with E-state index in [-0.39, 0.29) is 11.5 Å². The van der Waals surface area contributed by atoms with Crippen LogP contribution in [0.25, 0.3) is 11.0 Å². The number of aromatic amines is 1. The summed E-state index contributed by atoms with van der Waals surface area (Å²) < 4.78 is 0. The van der Waals surface area contributed by atoms with Crippen molar-refractivity contribution in [2.24, 2.45) is 5.73 Å². The first kappa shape index (κ1) is 11.1. The van der Waals surface area contributed by atoms with E-state index in [0.717, 1.165) is 16.9 Å². The van der Waals surface area contributed by atoms with Crippen molar-refractivity contribution in [1.82, 2.24) is 9.97 Å². The molecule has 0 aliphatic carbocycles. The number of nitrogens with one attached hydrogen (secondary N) is 1. The van der Waals surface area contributed by atoms with Gasteiger partial charge in [-0.05, 0) is 30.0 Å². The molecular weight excluding hydrogens is 198 g/mol. The van der Waals surface area contributed by atoms with Gasteiger partial charge in [0.2, 0.25) is 0 Å². The van der Waals surface area contributed by atoms with Gasteiger partial charge in [-0.25, -0.2) is 4.98 Å². The first-order chi connectivity index (χ1) is 7.38. The van der Waals surface area contributed by atoms with Crippen molar-refractivity contribution in [2.45, 2.75) is 39.2 Å². The third-order valence-corrected chi connectivity index (χ3v) is 2.80. The molecule has 2 aromatic rings. The average Bonchev–Trinajstić information content (AvgIpc) is 2.58. The molecule has 3 nitrogen and oxygen atoms in total. The lowest BCUT2D eigenvalue weighted by atomic mass is 9.87. The fraction of sp³-hybridized carbons (Fsp3) is 0.462. The van der Waals surface area contributed by atoms with Crippen molar-refractivity contribution in [3.8, 4) is 0 Å². The van der Waals surface area contributed by atoms with Gasteiger partial charge in [-0.1, -0.05) is 26.8 Å². The number of imidazole rings is 1. The lowest BCUT2D eigenvalue weighted by Gasteiger charge is -2.18. The lowest BCUT2D eigenvalue weighted by Crippen LogP contribution is -2.10. The molecule has 1 unspecified atom stereocenters. The maximum absolute atomic E-state index is 5.81. The third-order valence-electron chi connectivity index (χ3n) is 2.80. The number of fused-ring (bicyclic) bond motifs is 1. The van der Waals surface area contributed by atoms with Crippen LogP contribution in [0.3, 0.4) is 0 Å². The summed E-state index contributed by atoms with van der Waals surface area (Å²) >= 11 is 0. The summed E-state index contributed by atoms with van der Waals surface area (Å²) in [6.07, 6.45) is 0. The molecule has 0 saturated carbocycles. The molecule has 0 aliphatic heterocycles. The first-order valence-corrected chi connectivity index (χ1v) is 5.63. The van der Waals surface area contributed by atoms with E-state index >= 15 is 0 Å². The van der Waals surface area contributed by atoms with Gasteiger partial charge in [-0.15, -0.1) is 0 Å². The van der Waals surface area contributed by atoms with Crippen LogP contribution < -0.4 is 5.73 Å². The Bertz CT molecular complexity index is 503. The van der Waals surface area contributed by atoms with Gasteiger partial charge in [-0.2, -0.15) is 0 Å². The Kier molecular flexibility index (Phi) is 2.50. The zero-order valence-corrected chi connectivity index (χ0v) is 10.3. The number of nitrogens with zero attached hydrogens (tertiary/aromatic N) is 1. The van der Waals surface area contributed by atoms with Gasteiger partial charge in [0.05, 0.1) is 17.1 Å². The van der Waals surface area contributed by atoms with Gasteiger partial charge >= 0.3 is 0 Å². The van der Waals surface area contributed by atoms with E-state index in [1.54, 1.807) is 0 Å². The van der Waals surface area contributed by atoms with E-state index in [4.69, 9.17) is 5.73 Å². The van der Waals surface area contributed by atoms with Crippen LogP contribution in [0.1, 0.15) is 45.1 Å². The minimum atomic E-state index is -0.0505. The second kappa shape index (κ2) is 3.59. The van der Waals surface area contributed by atoms with Gasteiger partial charge in [0, 0.05) is 0 Å². The van der Waals surface area contributed by atoms with Crippen LogP contribution in [0.5, 0.6) is 0 Å². The van der Waals surface area contributed by atoms with Gasteiger partial charge in [0.1, 0.15) is 5.82 Å². The maximum Gasteiger partial charge on any atom is 0.123 e. The van der Waals surface area contributed by atoms with Crippen molar-refractivity contribution >= 4 is 11.0 Å².